The van der Waals surface area contributed by atoms with Crippen LogP contribution in [0.4, 0.5) is 0 Å². The van der Waals surface area contributed by atoms with E-state index >= 15 is 0 Å². The van der Waals surface area contributed by atoms with E-state index < -0.39 is 0 Å². The molecule has 3 N–H and O–H groups in total. The van der Waals surface area contributed by atoms with Gasteiger partial charge in [-0.1, -0.05) is 13.8 Å². The molecule has 0 aromatic heterocycles. The molecule has 0 heterocycles. The second-order valence-corrected chi connectivity index (χ2v) is 3.06. The summed E-state index contributed by atoms with van der Waals surface area (Å²) >= 11 is 0. The van der Waals surface area contributed by atoms with E-state index in [0.717, 1.165) is 6.42 Å². The van der Waals surface area contributed by atoms with Gasteiger partial charge in [0, 0.05) is 6.04 Å². The first-order valence-corrected chi connectivity index (χ1v) is 3.47. The zero-order valence-corrected chi connectivity index (χ0v) is 6.46. The van der Waals surface area contributed by atoms with E-state index in [9.17, 15) is 5.11 Å². The van der Waals surface area contributed by atoms with Crippen molar-refractivity contribution >= 4 is 0 Å². The van der Waals surface area contributed by atoms with Gasteiger partial charge in [0.05, 0.1) is 6.10 Å². The molecule has 0 aliphatic heterocycles. The minimum Gasteiger partial charge on any atom is -0.392 e. The average molecular weight is 131 g/mol. The molecule has 2 atom stereocenters. The van der Waals surface area contributed by atoms with Gasteiger partial charge in [-0.3, -0.25) is 0 Å². The van der Waals surface area contributed by atoms with Crippen molar-refractivity contribution in [2.45, 2.75) is 39.3 Å². The summed E-state index contributed by atoms with van der Waals surface area (Å²) in [5, 5.41) is 9.17. The fourth-order valence-electron chi connectivity index (χ4n) is 0.698. The number of aliphatic hydroxyl groups excluding tert-OH is 1. The molecule has 0 aromatic carbocycles. The van der Waals surface area contributed by atoms with Crippen molar-refractivity contribution in [1.82, 2.24) is 0 Å². The summed E-state index contributed by atoms with van der Waals surface area (Å²) < 4.78 is 0. The summed E-state index contributed by atoms with van der Waals surface area (Å²) in [6.45, 7) is 5.98. The molecule has 0 fully saturated rings. The largest absolute Gasteiger partial charge is 0.392 e. The summed E-state index contributed by atoms with van der Waals surface area (Å²) in [4.78, 5) is 0. The Hall–Kier alpha value is -0.0800. The molecule has 0 radical (unpaired) electrons. The number of aliphatic hydroxyl groups is 1. The highest BCUT2D eigenvalue weighted by Gasteiger charge is 2.10. The van der Waals surface area contributed by atoms with Crippen LogP contribution < -0.4 is 5.73 Å². The quantitative estimate of drug-likeness (QED) is 0.593. The highest BCUT2D eigenvalue weighted by Crippen LogP contribution is 2.05. The maximum Gasteiger partial charge on any atom is 0.0690 e. The summed E-state index contributed by atoms with van der Waals surface area (Å²) in [6, 6.07) is -0.0904. The van der Waals surface area contributed by atoms with Gasteiger partial charge >= 0.3 is 0 Å². The topological polar surface area (TPSA) is 46.2 Å². The Balaban J connectivity index is 3.38. The Labute approximate surface area is 57.1 Å². The zero-order valence-electron chi connectivity index (χ0n) is 6.46. The van der Waals surface area contributed by atoms with E-state index in [1.54, 1.807) is 0 Å². The monoisotopic (exact) mass is 131 g/mol. The molecule has 2 nitrogen and oxygen atoms in total. The van der Waals surface area contributed by atoms with Crippen LogP contribution in [0, 0.1) is 5.92 Å². The molecule has 0 saturated heterocycles. The third-order valence-electron chi connectivity index (χ3n) is 1.32. The van der Waals surface area contributed by atoms with Crippen LogP contribution in [0.1, 0.15) is 27.2 Å². The van der Waals surface area contributed by atoms with E-state index in [1.807, 2.05) is 6.92 Å². The fourth-order valence-corrected chi connectivity index (χ4v) is 0.698. The summed E-state index contributed by atoms with van der Waals surface area (Å²) in [7, 11) is 0. The summed E-state index contributed by atoms with van der Waals surface area (Å²) in [5.74, 6) is 0.533. The van der Waals surface area contributed by atoms with Gasteiger partial charge in [-0.25, -0.2) is 0 Å². The van der Waals surface area contributed by atoms with Crippen LogP contribution in [0.15, 0.2) is 0 Å². The maximum atomic E-state index is 9.17. The van der Waals surface area contributed by atoms with E-state index in [1.165, 1.54) is 0 Å². The van der Waals surface area contributed by atoms with Crippen molar-refractivity contribution < 1.29 is 5.11 Å². The molecule has 0 aliphatic carbocycles. The molecule has 0 amide bonds. The SMILES string of the molecule is CC(C)CC(O)[C@H](C)N. The van der Waals surface area contributed by atoms with Crippen LogP contribution in [-0.2, 0) is 0 Å². The van der Waals surface area contributed by atoms with Gasteiger partial charge in [0.25, 0.3) is 0 Å². The Bertz CT molecular complexity index is 71.3. The van der Waals surface area contributed by atoms with E-state index in [4.69, 9.17) is 5.73 Å². The zero-order chi connectivity index (χ0) is 7.44. The lowest BCUT2D eigenvalue weighted by Crippen LogP contribution is -2.32. The number of hydrogen-bond donors (Lipinski definition) is 2. The van der Waals surface area contributed by atoms with Gasteiger partial charge in [-0.2, -0.15) is 0 Å². The predicted octanol–water partition coefficient (Wildman–Crippen LogP) is 0.741. The first-order valence-electron chi connectivity index (χ1n) is 3.47. The highest BCUT2D eigenvalue weighted by molar-refractivity contribution is 4.67. The molecular weight excluding hydrogens is 114 g/mol. The molecule has 9 heavy (non-hydrogen) atoms. The Morgan fingerprint density at radius 3 is 1.89 bits per heavy atom. The first kappa shape index (κ1) is 8.92. The molecule has 0 rings (SSSR count). The maximum absolute atomic E-state index is 9.17. The number of hydrogen-bond acceptors (Lipinski definition) is 2. The normalized spacial score (nSPS) is 18.0. The second kappa shape index (κ2) is 3.85. The van der Waals surface area contributed by atoms with Crippen LogP contribution in [-0.4, -0.2) is 17.3 Å². The minimum absolute atomic E-state index is 0.0904. The van der Waals surface area contributed by atoms with Crippen LogP contribution in [0.5, 0.6) is 0 Å². The van der Waals surface area contributed by atoms with E-state index in [0.29, 0.717) is 5.92 Å². The van der Waals surface area contributed by atoms with Crippen molar-refractivity contribution in [2.24, 2.45) is 11.7 Å². The van der Waals surface area contributed by atoms with Crippen LogP contribution in [0.25, 0.3) is 0 Å². The predicted molar refractivity (Wildman–Crippen MR) is 39.1 cm³/mol. The third kappa shape index (κ3) is 4.43. The second-order valence-electron chi connectivity index (χ2n) is 3.06. The minimum atomic E-state index is -0.329. The fraction of sp³-hybridized carbons (Fsp3) is 1.00. The van der Waals surface area contributed by atoms with Crippen molar-refractivity contribution in [3.63, 3.8) is 0 Å². The molecule has 1 unspecified atom stereocenters. The first-order chi connectivity index (χ1) is 4.04. The molecule has 0 spiro atoms. The van der Waals surface area contributed by atoms with Gasteiger partial charge in [0.15, 0.2) is 0 Å². The van der Waals surface area contributed by atoms with Crippen LogP contribution in [0.2, 0.25) is 0 Å². The van der Waals surface area contributed by atoms with Gasteiger partial charge in [-0.05, 0) is 19.3 Å². The van der Waals surface area contributed by atoms with E-state index in [2.05, 4.69) is 13.8 Å². The lowest BCUT2D eigenvalue weighted by atomic mass is 10.0. The molecule has 0 bridgehead atoms. The van der Waals surface area contributed by atoms with Crippen LogP contribution >= 0.6 is 0 Å². The Kier molecular flexibility index (Phi) is 3.82. The van der Waals surface area contributed by atoms with E-state index in [-0.39, 0.29) is 12.1 Å². The Morgan fingerprint density at radius 1 is 1.33 bits per heavy atom. The molecular formula is C7H17NO. The van der Waals surface area contributed by atoms with Gasteiger partial charge in [0.1, 0.15) is 0 Å². The summed E-state index contributed by atoms with van der Waals surface area (Å²) in [5.41, 5.74) is 5.43. The van der Waals surface area contributed by atoms with Gasteiger partial charge in [0.2, 0.25) is 0 Å². The molecule has 0 aromatic rings. The van der Waals surface area contributed by atoms with Gasteiger partial charge in [-0.15, -0.1) is 0 Å². The third-order valence-corrected chi connectivity index (χ3v) is 1.32. The lowest BCUT2D eigenvalue weighted by Gasteiger charge is -2.15. The van der Waals surface area contributed by atoms with Crippen molar-refractivity contribution in [1.29, 1.82) is 0 Å². The van der Waals surface area contributed by atoms with Crippen LogP contribution in [0.3, 0.4) is 0 Å². The number of rotatable bonds is 3. The molecule has 0 aliphatic rings. The molecule has 56 valence electrons. The average Bonchev–Trinajstić information content (AvgIpc) is 1.63. The smallest absolute Gasteiger partial charge is 0.0690 e. The highest BCUT2D eigenvalue weighted by atomic mass is 16.3. The van der Waals surface area contributed by atoms with Crippen molar-refractivity contribution in [3.8, 4) is 0 Å². The molecule has 0 saturated carbocycles. The standard InChI is InChI=1S/C7H17NO/c1-5(2)4-7(9)6(3)8/h5-7,9H,4,8H2,1-3H3/t6-,7?/m0/s1. The molecule has 2 heteroatoms. The lowest BCUT2D eigenvalue weighted by molar-refractivity contribution is 0.127. The number of nitrogens with two attached hydrogens (primary N) is 1. The van der Waals surface area contributed by atoms with Gasteiger partial charge < -0.3 is 10.8 Å². The Morgan fingerprint density at radius 2 is 1.78 bits per heavy atom. The van der Waals surface area contributed by atoms with Crippen molar-refractivity contribution in [3.05, 3.63) is 0 Å². The van der Waals surface area contributed by atoms with Crippen molar-refractivity contribution in [2.75, 3.05) is 0 Å². The summed E-state index contributed by atoms with van der Waals surface area (Å²) in [6.07, 6.45) is 0.475.